The molecule has 0 spiro atoms. The van der Waals surface area contributed by atoms with Gasteiger partial charge in [-0.1, -0.05) is 41.4 Å². The van der Waals surface area contributed by atoms with Crippen molar-refractivity contribution < 1.29 is 24.2 Å². The Bertz CT molecular complexity index is 973. The predicted octanol–water partition coefficient (Wildman–Crippen LogP) is 3.60. The minimum Gasteiger partial charge on any atom is -0.483 e. The number of carboxylic acid groups (broad SMARTS) is 1. The average Bonchev–Trinajstić information content (AvgIpc) is 2.79. The van der Waals surface area contributed by atoms with Crippen molar-refractivity contribution in [3.8, 4) is 0 Å². The first kappa shape index (κ1) is 27.6. The molecule has 0 aromatic heterocycles. The van der Waals surface area contributed by atoms with Crippen molar-refractivity contribution in [2.24, 2.45) is 0 Å². The van der Waals surface area contributed by atoms with Crippen LogP contribution in [-0.2, 0) is 32.1 Å². The molecule has 0 saturated carbocycles. The highest BCUT2D eigenvalue weighted by Gasteiger charge is 2.21. The van der Waals surface area contributed by atoms with E-state index in [4.69, 9.17) is 37.8 Å². The number of nitrogens with one attached hydrogen (secondary N) is 2. The third kappa shape index (κ3) is 10.1. The lowest BCUT2D eigenvalue weighted by Gasteiger charge is -2.33. The molecule has 0 radical (unpaired) electrons. The van der Waals surface area contributed by atoms with Crippen LogP contribution >= 0.6 is 23.2 Å². The van der Waals surface area contributed by atoms with E-state index in [0.29, 0.717) is 36.0 Å². The Balaban J connectivity index is 0.00000129. The lowest BCUT2D eigenvalue weighted by atomic mass is 10.1. The second-order valence-electron chi connectivity index (χ2n) is 7.77. The molecule has 2 aromatic carbocycles. The normalized spacial score (nSPS) is 15.6. The molecule has 0 unspecified atom stereocenters. The topological polar surface area (TPSA) is 108 Å². The van der Waals surface area contributed by atoms with Crippen LogP contribution in [0.15, 0.2) is 42.5 Å². The molecule has 184 valence electrons. The third-order valence-corrected chi connectivity index (χ3v) is 5.77. The van der Waals surface area contributed by atoms with Crippen molar-refractivity contribution in [1.82, 2.24) is 10.2 Å². The first-order chi connectivity index (χ1) is 16.3. The van der Waals surface area contributed by atoms with E-state index >= 15 is 0 Å². The van der Waals surface area contributed by atoms with Gasteiger partial charge in [0.05, 0.1) is 22.8 Å². The molecule has 1 aliphatic heterocycles. The minimum absolute atomic E-state index is 0.0184. The van der Waals surface area contributed by atoms with E-state index in [-0.39, 0.29) is 24.4 Å². The van der Waals surface area contributed by atoms with Crippen molar-refractivity contribution in [3.05, 3.63) is 63.6 Å². The van der Waals surface area contributed by atoms with Gasteiger partial charge < -0.3 is 20.5 Å². The number of carbonyl (C=O) groups is 3. The van der Waals surface area contributed by atoms with Gasteiger partial charge >= 0.3 is 0 Å². The number of ether oxygens (including phenoxy) is 1. The second-order valence-corrected chi connectivity index (χ2v) is 8.58. The summed E-state index contributed by atoms with van der Waals surface area (Å²) in [6, 6.07) is 13.2. The summed E-state index contributed by atoms with van der Waals surface area (Å²) in [7, 11) is 0. The molecule has 1 saturated heterocycles. The summed E-state index contributed by atoms with van der Waals surface area (Å²) in [4.78, 5) is 34.1. The Morgan fingerprint density at radius 2 is 1.94 bits per heavy atom. The lowest BCUT2D eigenvalue weighted by Crippen LogP contribution is -2.47. The maximum absolute atomic E-state index is 12.3. The smallest absolute Gasteiger partial charge is 0.290 e. The standard InChI is InChI=1S/C23H27Cl2N3O3.CH2O2/c1-16(29)27-19-4-2-3-17(11-19)6-8-23(30)26-13-20-15-28(9-10-31-20)14-18-5-7-21(24)22(25)12-18;2-1-3/h2-5,7,11-12,20H,6,8-10,13-15H2,1H3,(H,26,30)(H,27,29);1H,(H,2,3)/t20-;/m0./s1. The number of rotatable bonds is 8. The quantitative estimate of drug-likeness (QED) is 0.469. The number of hydrogen-bond donors (Lipinski definition) is 3. The first-order valence-electron chi connectivity index (χ1n) is 10.8. The highest BCUT2D eigenvalue weighted by Crippen LogP contribution is 2.23. The van der Waals surface area contributed by atoms with Crippen LogP contribution in [0, 0.1) is 0 Å². The Kier molecular flexibility index (Phi) is 11.8. The van der Waals surface area contributed by atoms with Crippen LogP contribution in [0.1, 0.15) is 24.5 Å². The highest BCUT2D eigenvalue weighted by molar-refractivity contribution is 6.42. The zero-order valence-electron chi connectivity index (χ0n) is 18.9. The summed E-state index contributed by atoms with van der Waals surface area (Å²) < 4.78 is 5.81. The Hall–Kier alpha value is -2.65. The highest BCUT2D eigenvalue weighted by atomic mass is 35.5. The summed E-state index contributed by atoms with van der Waals surface area (Å²) in [5, 5.41) is 13.7. The molecule has 3 N–H and O–H groups in total. The lowest BCUT2D eigenvalue weighted by molar-refractivity contribution is -0.123. The Morgan fingerprint density at radius 3 is 2.65 bits per heavy atom. The van der Waals surface area contributed by atoms with E-state index in [1.54, 1.807) is 0 Å². The van der Waals surface area contributed by atoms with Gasteiger partial charge in [-0.3, -0.25) is 19.3 Å². The van der Waals surface area contributed by atoms with E-state index in [9.17, 15) is 9.59 Å². The van der Waals surface area contributed by atoms with Gasteiger partial charge in [0.1, 0.15) is 0 Å². The maximum atomic E-state index is 12.3. The van der Waals surface area contributed by atoms with Crippen LogP contribution < -0.4 is 10.6 Å². The Morgan fingerprint density at radius 1 is 1.18 bits per heavy atom. The number of carbonyl (C=O) groups excluding carboxylic acids is 2. The number of aryl methyl sites for hydroxylation is 1. The maximum Gasteiger partial charge on any atom is 0.290 e. The molecule has 0 aliphatic carbocycles. The summed E-state index contributed by atoms with van der Waals surface area (Å²) in [5.74, 6) is -0.134. The molecule has 1 heterocycles. The predicted molar refractivity (Wildman–Crippen MR) is 132 cm³/mol. The SMILES string of the molecule is CC(=O)Nc1cccc(CCC(=O)NC[C@H]2CN(Cc3ccc(Cl)c(Cl)c3)CCO2)c1.O=CO. The molecule has 34 heavy (non-hydrogen) atoms. The van der Waals surface area contributed by atoms with E-state index in [2.05, 4.69) is 15.5 Å². The summed E-state index contributed by atoms with van der Waals surface area (Å²) in [5.41, 5.74) is 2.84. The molecule has 1 fully saturated rings. The summed E-state index contributed by atoms with van der Waals surface area (Å²) >= 11 is 12.1. The van der Waals surface area contributed by atoms with Gasteiger partial charge in [0.15, 0.2) is 0 Å². The summed E-state index contributed by atoms with van der Waals surface area (Å²) in [6.45, 7) is 4.64. The number of halogens is 2. The zero-order chi connectivity index (χ0) is 24.9. The third-order valence-electron chi connectivity index (χ3n) is 5.03. The van der Waals surface area contributed by atoms with Crippen LogP contribution in [-0.4, -0.2) is 60.6 Å². The van der Waals surface area contributed by atoms with Gasteiger partial charge in [0.25, 0.3) is 6.47 Å². The molecule has 2 aromatic rings. The average molecular weight is 510 g/mol. The first-order valence-corrected chi connectivity index (χ1v) is 11.5. The van der Waals surface area contributed by atoms with Crippen molar-refractivity contribution in [2.75, 3.05) is 31.6 Å². The van der Waals surface area contributed by atoms with Gasteiger partial charge in [0, 0.05) is 45.2 Å². The van der Waals surface area contributed by atoms with Crippen molar-refractivity contribution >= 4 is 47.2 Å². The molecule has 0 bridgehead atoms. The van der Waals surface area contributed by atoms with Crippen LogP contribution in [0.2, 0.25) is 10.0 Å². The molecular formula is C24H29Cl2N3O5. The van der Waals surface area contributed by atoms with Crippen LogP contribution in [0.4, 0.5) is 5.69 Å². The zero-order valence-corrected chi connectivity index (χ0v) is 20.4. The number of benzene rings is 2. The number of morpholine rings is 1. The summed E-state index contributed by atoms with van der Waals surface area (Å²) in [6.07, 6.45) is 0.931. The van der Waals surface area contributed by atoms with Gasteiger partial charge in [-0.15, -0.1) is 0 Å². The number of hydrogen-bond acceptors (Lipinski definition) is 5. The molecule has 1 aliphatic rings. The van der Waals surface area contributed by atoms with Crippen LogP contribution in [0.5, 0.6) is 0 Å². The van der Waals surface area contributed by atoms with Gasteiger partial charge in [0.2, 0.25) is 11.8 Å². The van der Waals surface area contributed by atoms with E-state index in [1.165, 1.54) is 6.92 Å². The molecule has 2 amide bonds. The van der Waals surface area contributed by atoms with Crippen LogP contribution in [0.3, 0.4) is 0 Å². The molecule has 3 rings (SSSR count). The van der Waals surface area contributed by atoms with E-state index in [0.717, 1.165) is 36.4 Å². The molecule has 1 atom stereocenters. The molecule has 10 heteroatoms. The number of nitrogens with zero attached hydrogens (tertiary/aromatic N) is 1. The Labute approximate surface area is 209 Å². The number of anilines is 1. The number of amides is 2. The van der Waals surface area contributed by atoms with E-state index < -0.39 is 0 Å². The van der Waals surface area contributed by atoms with Crippen molar-refractivity contribution in [3.63, 3.8) is 0 Å². The molecule has 8 nitrogen and oxygen atoms in total. The van der Waals surface area contributed by atoms with Crippen LogP contribution in [0.25, 0.3) is 0 Å². The van der Waals surface area contributed by atoms with Gasteiger partial charge in [-0.2, -0.15) is 0 Å². The fourth-order valence-electron chi connectivity index (χ4n) is 3.53. The fraction of sp³-hybridized carbons (Fsp3) is 0.375. The van der Waals surface area contributed by atoms with Gasteiger partial charge in [-0.05, 0) is 41.8 Å². The molecular weight excluding hydrogens is 481 g/mol. The van der Waals surface area contributed by atoms with Gasteiger partial charge in [-0.25, -0.2) is 0 Å². The minimum atomic E-state index is -0.250. The second kappa shape index (κ2) is 14.6. The van der Waals surface area contributed by atoms with Crippen molar-refractivity contribution in [1.29, 1.82) is 0 Å². The van der Waals surface area contributed by atoms with E-state index in [1.807, 2.05) is 42.5 Å². The fourth-order valence-corrected chi connectivity index (χ4v) is 3.85. The monoisotopic (exact) mass is 509 g/mol. The van der Waals surface area contributed by atoms with Crippen molar-refractivity contribution in [2.45, 2.75) is 32.4 Å². The largest absolute Gasteiger partial charge is 0.483 e.